The van der Waals surface area contributed by atoms with Crippen LogP contribution in [0, 0.1) is 0 Å². The number of carboxylic acid groups (broad SMARTS) is 2. The van der Waals surface area contributed by atoms with Crippen molar-refractivity contribution in [1.82, 2.24) is 0 Å². The van der Waals surface area contributed by atoms with Gasteiger partial charge in [0.25, 0.3) is 0 Å². The summed E-state index contributed by atoms with van der Waals surface area (Å²) in [7, 11) is 0. The Kier molecular flexibility index (Phi) is 4.53. The molecular weight excluding hydrogens is 236 g/mol. The molecule has 1 rings (SSSR count). The molecular formula is C12H16N2O4. The van der Waals surface area contributed by atoms with Crippen LogP contribution in [0.25, 0.3) is 0 Å². The summed E-state index contributed by atoms with van der Waals surface area (Å²) in [6.07, 6.45) is 0.289. The Morgan fingerprint density at radius 1 is 1.33 bits per heavy atom. The second kappa shape index (κ2) is 5.90. The molecule has 4 N–H and O–H groups in total. The molecule has 98 valence electrons. The van der Waals surface area contributed by atoms with E-state index in [2.05, 4.69) is 0 Å². The van der Waals surface area contributed by atoms with E-state index in [9.17, 15) is 9.59 Å². The zero-order valence-electron chi connectivity index (χ0n) is 10.0. The molecule has 0 aromatic heterocycles. The van der Waals surface area contributed by atoms with Crippen molar-refractivity contribution in [3.05, 3.63) is 24.3 Å². The lowest BCUT2D eigenvalue weighted by Crippen LogP contribution is -2.44. The molecule has 0 radical (unpaired) electrons. The minimum Gasteiger partial charge on any atom is -0.480 e. The van der Waals surface area contributed by atoms with Gasteiger partial charge in [0.2, 0.25) is 0 Å². The van der Waals surface area contributed by atoms with Crippen molar-refractivity contribution in [2.24, 2.45) is 0 Å². The molecule has 0 fully saturated rings. The number of nitrogen functional groups attached to an aromatic ring is 1. The molecule has 0 aliphatic carbocycles. The maximum Gasteiger partial charge on any atom is 0.326 e. The number of hydrogen-bond donors (Lipinski definition) is 3. The number of carboxylic acids is 2. The average Bonchev–Trinajstić information content (AvgIpc) is 2.28. The molecule has 0 spiro atoms. The van der Waals surface area contributed by atoms with Crippen molar-refractivity contribution < 1.29 is 19.8 Å². The van der Waals surface area contributed by atoms with Gasteiger partial charge in [0.1, 0.15) is 12.6 Å². The van der Waals surface area contributed by atoms with Crippen LogP contribution in [-0.4, -0.2) is 34.7 Å². The molecule has 6 heteroatoms. The summed E-state index contributed by atoms with van der Waals surface area (Å²) < 4.78 is 0. The Labute approximate surface area is 105 Å². The Balaban J connectivity index is 3.16. The number of rotatable bonds is 6. The second-order valence-electron chi connectivity index (χ2n) is 3.84. The van der Waals surface area contributed by atoms with Crippen molar-refractivity contribution >= 4 is 23.3 Å². The number of anilines is 2. The zero-order valence-corrected chi connectivity index (χ0v) is 10.0. The fraction of sp³-hybridized carbons (Fsp3) is 0.333. The van der Waals surface area contributed by atoms with E-state index < -0.39 is 24.5 Å². The maximum atomic E-state index is 11.2. The summed E-state index contributed by atoms with van der Waals surface area (Å²) in [6, 6.07) is 5.71. The van der Waals surface area contributed by atoms with Gasteiger partial charge >= 0.3 is 11.9 Å². The van der Waals surface area contributed by atoms with Crippen LogP contribution >= 0.6 is 0 Å². The largest absolute Gasteiger partial charge is 0.480 e. The van der Waals surface area contributed by atoms with Gasteiger partial charge in [0.05, 0.1) is 11.4 Å². The first-order valence-corrected chi connectivity index (χ1v) is 5.53. The summed E-state index contributed by atoms with van der Waals surface area (Å²) >= 11 is 0. The first kappa shape index (κ1) is 13.8. The van der Waals surface area contributed by atoms with E-state index in [1.807, 2.05) is 0 Å². The standard InChI is InChI=1S/C12H16N2O4/c1-2-9(12(17)18)14(7-11(15)16)10-6-4-3-5-8(10)13/h3-6,9H,2,7,13H2,1H3,(H,15,16)(H,17,18). The van der Waals surface area contributed by atoms with Gasteiger partial charge in [-0.3, -0.25) is 4.79 Å². The van der Waals surface area contributed by atoms with Gasteiger partial charge in [-0.15, -0.1) is 0 Å². The zero-order chi connectivity index (χ0) is 13.7. The van der Waals surface area contributed by atoms with E-state index in [0.29, 0.717) is 11.4 Å². The summed E-state index contributed by atoms with van der Waals surface area (Å²) in [4.78, 5) is 23.3. The maximum absolute atomic E-state index is 11.2. The van der Waals surface area contributed by atoms with Gasteiger partial charge in [-0.2, -0.15) is 0 Å². The highest BCUT2D eigenvalue weighted by atomic mass is 16.4. The highest BCUT2D eigenvalue weighted by Gasteiger charge is 2.26. The second-order valence-corrected chi connectivity index (χ2v) is 3.84. The molecule has 0 amide bonds. The van der Waals surface area contributed by atoms with Crippen molar-refractivity contribution in [2.45, 2.75) is 19.4 Å². The van der Waals surface area contributed by atoms with Gasteiger partial charge in [-0.05, 0) is 18.6 Å². The first-order chi connectivity index (χ1) is 8.47. The lowest BCUT2D eigenvalue weighted by atomic mass is 10.1. The Morgan fingerprint density at radius 3 is 2.39 bits per heavy atom. The Hall–Kier alpha value is -2.24. The number of benzene rings is 1. The van der Waals surface area contributed by atoms with Crippen LogP contribution < -0.4 is 10.6 Å². The topological polar surface area (TPSA) is 104 Å². The van der Waals surface area contributed by atoms with Crippen LogP contribution in [0.4, 0.5) is 11.4 Å². The molecule has 1 atom stereocenters. The minimum absolute atomic E-state index is 0.289. The molecule has 0 aliphatic heterocycles. The van der Waals surface area contributed by atoms with Crippen LogP contribution in [0.3, 0.4) is 0 Å². The molecule has 0 bridgehead atoms. The lowest BCUT2D eigenvalue weighted by molar-refractivity contribution is -0.139. The summed E-state index contributed by atoms with van der Waals surface area (Å²) in [6.45, 7) is 1.28. The third-order valence-electron chi connectivity index (χ3n) is 2.60. The van der Waals surface area contributed by atoms with E-state index in [1.54, 1.807) is 31.2 Å². The van der Waals surface area contributed by atoms with Gasteiger partial charge in [0.15, 0.2) is 0 Å². The molecule has 1 aromatic carbocycles. The Morgan fingerprint density at radius 2 is 1.94 bits per heavy atom. The van der Waals surface area contributed by atoms with Gasteiger partial charge in [0, 0.05) is 0 Å². The van der Waals surface area contributed by atoms with Crippen LogP contribution in [0.5, 0.6) is 0 Å². The number of aliphatic carboxylic acids is 2. The fourth-order valence-electron chi connectivity index (χ4n) is 1.79. The van der Waals surface area contributed by atoms with E-state index in [-0.39, 0.29) is 6.42 Å². The molecule has 0 heterocycles. The van der Waals surface area contributed by atoms with Crippen LogP contribution in [0.2, 0.25) is 0 Å². The highest BCUT2D eigenvalue weighted by molar-refractivity contribution is 5.85. The predicted molar refractivity (Wildman–Crippen MR) is 67.6 cm³/mol. The smallest absolute Gasteiger partial charge is 0.326 e. The fourth-order valence-corrected chi connectivity index (χ4v) is 1.79. The van der Waals surface area contributed by atoms with E-state index >= 15 is 0 Å². The van der Waals surface area contributed by atoms with Crippen LogP contribution in [0.1, 0.15) is 13.3 Å². The van der Waals surface area contributed by atoms with Crippen LogP contribution in [0.15, 0.2) is 24.3 Å². The average molecular weight is 252 g/mol. The number of nitrogens with zero attached hydrogens (tertiary/aromatic N) is 1. The SMILES string of the molecule is CCC(C(=O)O)N(CC(=O)O)c1ccccc1N. The van der Waals surface area contributed by atoms with Gasteiger partial charge in [-0.1, -0.05) is 19.1 Å². The number of para-hydroxylation sites is 2. The quantitative estimate of drug-likeness (QED) is 0.653. The molecule has 0 aliphatic rings. The highest BCUT2D eigenvalue weighted by Crippen LogP contribution is 2.25. The number of carbonyl (C=O) groups is 2. The third-order valence-corrected chi connectivity index (χ3v) is 2.60. The van der Waals surface area contributed by atoms with Gasteiger partial charge < -0.3 is 20.8 Å². The van der Waals surface area contributed by atoms with Crippen LogP contribution in [-0.2, 0) is 9.59 Å². The van der Waals surface area contributed by atoms with E-state index in [0.717, 1.165) is 0 Å². The molecule has 0 saturated carbocycles. The van der Waals surface area contributed by atoms with E-state index in [1.165, 1.54) is 4.90 Å². The predicted octanol–water partition coefficient (Wildman–Crippen LogP) is 1.02. The van der Waals surface area contributed by atoms with Crippen molar-refractivity contribution in [2.75, 3.05) is 17.2 Å². The summed E-state index contributed by atoms with van der Waals surface area (Å²) in [5.41, 5.74) is 6.55. The number of nitrogens with two attached hydrogens (primary N) is 1. The van der Waals surface area contributed by atoms with Crippen molar-refractivity contribution in [1.29, 1.82) is 0 Å². The molecule has 18 heavy (non-hydrogen) atoms. The third kappa shape index (κ3) is 3.13. The minimum atomic E-state index is -1.10. The Bertz CT molecular complexity index is 447. The van der Waals surface area contributed by atoms with Crippen molar-refractivity contribution in [3.63, 3.8) is 0 Å². The first-order valence-electron chi connectivity index (χ1n) is 5.53. The van der Waals surface area contributed by atoms with Crippen molar-refractivity contribution in [3.8, 4) is 0 Å². The molecule has 1 unspecified atom stereocenters. The van der Waals surface area contributed by atoms with E-state index in [4.69, 9.17) is 15.9 Å². The summed E-state index contributed by atoms with van der Waals surface area (Å²) in [5.74, 6) is -2.17. The molecule has 6 nitrogen and oxygen atoms in total. The normalized spacial score (nSPS) is 11.8. The number of hydrogen-bond acceptors (Lipinski definition) is 4. The summed E-state index contributed by atoms with van der Waals surface area (Å²) in [5, 5.41) is 18.0. The monoisotopic (exact) mass is 252 g/mol. The molecule has 0 saturated heterocycles. The lowest BCUT2D eigenvalue weighted by Gasteiger charge is -2.29. The molecule has 1 aromatic rings. The van der Waals surface area contributed by atoms with Gasteiger partial charge in [-0.25, -0.2) is 4.79 Å².